The van der Waals surface area contributed by atoms with Crippen LogP contribution >= 0.6 is 0 Å². The lowest BCUT2D eigenvalue weighted by molar-refractivity contribution is -0.143. The van der Waals surface area contributed by atoms with E-state index in [1.165, 1.54) is 9.80 Å². The van der Waals surface area contributed by atoms with Gasteiger partial charge in [-0.25, -0.2) is 4.79 Å². The molecule has 8 nitrogen and oxygen atoms in total. The molecule has 1 aliphatic heterocycles. The van der Waals surface area contributed by atoms with Crippen LogP contribution < -0.4 is 0 Å². The summed E-state index contributed by atoms with van der Waals surface area (Å²) in [6.45, 7) is 3.66. The molecule has 0 radical (unpaired) electrons. The van der Waals surface area contributed by atoms with Gasteiger partial charge in [-0.1, -0.05) is 0 Å². The largest absolute Gasteiger partial charge is 0.480 e. The highest BCUT2D eigenvalue weighted by atomic mass is 16.4. The number of carbonyl (C=O) groups excluding carboxylic acids is 2. The minimum absolute atomic E-state index is 0.0393. The number of hydrogen-bond donors (Lipinski definition) is 1. The van der Waals surface area contributed by atoms with Gasteiger partial charge in [0.1, 0.15) is 12.6 Å². The Morgan fingerprint density at radius 1 is 1.10 bits per heavy atom. The van der Waals surface area contributed by atoms with E-state index in [0.29, 0.717) is 26.2 Å². The quantitative estimate of drug-likeness (QED) is 0.736. The molecule has 8 heteroatoms. The van der Waals surface area contributed by atoms with Gasteiger partial charge in [-0.05, 0) is 6.92 Å². The highest BCUT2D eigenvalue weighted by Crippen LogP contribution is 2.08. The minimum atomic E-state index is -0.858. The molecule has 0 saturated carbocycles. The number of nitrogens with zero attached hydrogens (tertiary/aromatic N) is 4. The van der Waals surface area contributed by atoms with Crippen LogP contribution in [0.4, 0.5) is 4.79 Å². The van der Waals surface area contributed by atoms with E-state index in [-0.39, 0.29) is 18.5 Å². The van der Waals surface area contributed by atoms with Crippen molar-refractivity contribution < 1.29 is 19.5 Å². The Hall–Kier alpha value is -1.83. The Morgan fingerprint density at radius 3 is 2.05 bits per heavy atom. The molecule has 1 rings (SSSR count). The lowest BCUT2D eigenvalue weighted by Gasteiger charge is -2.38. The number of rotatable bonds is 4. The second-order valence-electron chi connectivity index (χ2n) is 5.46. The molecule has 1 heterocycles. The van der Waals surface area contributed by atoms with Gasteiger partial charge in [-0.3, -0.25) is 14.5 Å². The predicted molar refractivity (Wildman–Crippen MR) is 77.0 cm³/mol. The first kappa shape index (κ1) is 17.2. The molecule has 1 saturated heterocycles. The standard InChI is InChI=1S/C13H24N4O4/c1-10(12(19)20)16-5-7-17(8-6-16)13(21)15(4)9-11(18)14(2)3/h10H,5-9H2,1-4H3,(H,19,20). The van der Waals surface area contributed by atoms with Crippen molar-refractivity contribution in [2.24, 2.45) is 0 Å². The Bertz CT molecular complexity index is 405. The van der Waals surface area contributed by atoms with Crippen LogP contribution in [0.2, 0.25) is 0 Å². The summed E-state index contributed by atoms with van der Waals surface area (Å²) >= 11 is 0. The van der Waals surface area contributed by atoms with Crippen molar-refractivity contribution in [2.45, 2.75) is 13.0 Å². The first-order valence-electron chi connectivity index (χ1n) is 6.91. The van der Waals surface area contributed by atoms with Gasteiger partial charge in [0.25, 0.3) is 0 Å². The average Bonchev–Trinajstić information content (AvgIpc) is 2.45. The molecule has 1 N–H and O–H groups in total. The molecule has 1 aliphatic rings. The summed E-state index contributed by atoms with van der Waals surface area (Å²) in [7, 11) is 4.88. The number of urea groups is 1. The number of carbonyl (C=O) groups is 3. The van der Waals surface area contributed by atoms with Crippen LogP contribution in [0.1, 0.15) is 6.92 Å². The zero-order chi connectivity index (χ0) is 16.2. The van der Waals surface area contributed by atoms with E-state index in [9.17, 15) is 14.4 Å². The van der Waals surface area contributed by atoms with E-state index in [1.807, 2.05) is 4.90 Å². The van der Waals surface area contributed by atoms with Crippen molar-refractivity contribution >= 4 is 17.9 Å². The summed E-state index contributed by atoms with van der Waals surface area (Å²) in [6.07, 6.45) is 0. The molecule has 0 spiro atoms. The normalized spacial score (nSPS) is 17.2. The van der Waals surface area contributed by atoms with Crippen LogP contribution in [0.15, 0.2) is 0 Å². The van der Waals surface area contributed by atoms with Crippen molar-refractivity contribution in [3.05, 3.63) is 0 Å². The molecule has 0 aliphatic carbocycles. The van der Waals surface area contributed by atoms with E-state index >= 15 is 0 Å². The molecular formula is C13H24N4O4. The second kappa shape index (κ2) is 7.26. The van der Waals surface area contributed by atoms with E-state index < -0.39 is 12.0 Å². The first-order valence-corrected chi connectivity index (χ1v) is 6.91. The smallest absolute Gasteiger partial charge is 0.320 e. The summed E-state index contributed by atoms with van der Waals surface area (Å²) in [5.41, 5.74) is 0. The summed E-state index contributed by atoms with van der Waals surface area (Å²) in [5.74, 6) is -0.993. The maximum Gasteiger partial charge on any atom is 0.320 e. The lowest BCUT2D eigenvalue weighted by Crippen LogP contribution is -2.55. The summed E-state index contributed by atoms with van der Waals surface area (Å²) in [6, 6.07) is -0.747. The van der Waals surface area contributed by atoms with Gasteiger partial charge in [0.05, 0.1) is 0 Å². The van der Waals surface area contributed by atoms with E-state index in [4.69, 9.17) is 5.11 Å². The molecule has 1 atom stereocenters. The van der Waals surface area contributed by atoms with Crippen LogP contribution in [0.25, 0.3) is 0 Å². The fourth-order valence-electron chi connectivity index (χ4n) is 2.11. The molecule has 0 aromatic rings. The van der Waals surface area contributed by atoms with Gasteiger partial charge < -0.3 is 19.8 Å². The summed E-state index contributed by atoms with van der Waals surface area (Å²) in [5, 5.41) is 8.98. The van der Waals surface area contributed by atoms with Crippen molar-refractivity contribution in [3.8, 4) is 0 Å². The monoisotopic (exact) mass is 300 g/mol. The zero-order valence-corrected chi connectivity index (χ0v) is 13.1. The van der Waals surface area contributed by atoms with Gasteiger partial charge in [-0.15, -0.1) is 0 Å². The Kier molecular flexibility index (Phi) is 5.95. The number of piperazine rings is 1. The number of carboxylic acids is 1. The van der Waals surface area contributed by atoms with Crippen molar-refractivity contribution in [3.63, 3.8) is 0 Å². The zero-order valence-electron chi connectivity index (χ0n) is 13.1. The Balaban J connectivity index is 2.48. The third-order valence-electron chi connectivity index (χ3n) is 3.69. The van der Waals surface area contributed by atoms with Gasteiger partial charge >= 0.3 is 12.0 Å². The highest BCUT2D eigenvalue weighted by Gasteiger charge is 2.28. The highest BCUT2D eigenvalue weighted by molar-refractivity contribution is 5.83. The third-order valence-corrected chi connectivity index (χ3v) is 3.69. The van der Waals surface area contributed by atoms with E-state index in [2.05, 4.69) is 0 Å². The van der Waals surface area contributed by atoms with Crippen LogP contribution in [0, 0.1) is 0 Å². The number of carboxylic acid groups (broad SMARTS) is 1. The third kappa shape index (κ3) is 4.59. The van der Waals surface area contributed by atoms with Crippen LogP contribution in [0.3, 0.4) is 0 Å². The molecule has 21 heavy (non-hydrogen) atoms. The molecule has 0 bridgehead atoms. The summed E-state index contributed by atoms with van der Waals surface area (Å²) < 4.78 is 0. The molecule has 1 fully saturated rings. The van der Waals surface area contributed by atoms with Gasteiger partial charge in [0.15, 0.2) is 0 Å². The molecular weight excluding hydrogens is 276 g/mol. The minimum Gasteiger partial charge on any atom is -0.480 e. The van der Waals surface area contributed by atoms with Crippen LogP contribution in [-0.4, -0.2) is 103 Å². The van der Waals surface area contributed by atoms with E-state index in [0.717, 1.165) is 0 Å². The maximum absolute atomic E-state index is 12.2. The number of likely N-dealkylation sites (N-methyl/N-ethyl adjacent to an activating group) is 2. The van der Waals surface area contributed by atoms with Gasteiger partial charge in [0.2, 0.25) is 5.91 Å². The SMILES string of the molecule is CC(C(=O)O)N1CCN(C(=O)N(C)CC(=O)N(C)C)CC1. The topological polar surface area (TPSA) is 84.4 Å². The predicted octanol–water partition coefficient (Wildman–Crippen LogP) is -0.783. The Labute approximate surface area is 124 Å². The molecule has 3 amide bonds. The molecule has 0 aromatic heterocycles. The molecule has 0 aromatic carbocycles. The van der Waals surface area contributed by atoms with Crippen molar-refractivity contribution in [2.75, 3.05) is 53.9 Å². The number of aliphatic carboxylic acids is 1. The second-order valence-corrected chi connectivity index (χ2v) is 5.46. The average molecular weight is 300 g/mol. The molecule has 1 unspecified atom stereocenters. The van der Waals surface area contributed by atoms with Crippen molar-refractivity contribution in [1.82, 2.24) is 19.6 Å². The van der Waals surface area contributed by atoms with E-state index in [1.54, 1.807) is 33.0 Å². The molecule has 120 valence electrons. The number of hydrogen-bond acceptors (Lipinski definition) is 4. The fourth-order valence-corrected chi connectivity index (χ4v) is 2.11. The first-order chi connectivity index (χ1) is 9.73. The van der Waals surface area contributed by atoms with Crippen LogP contribution in [-0.2, 0) is 9.59 Å². The van der Waals surface area contributed by atoms with Crippen LogP contribution in [0.5, 0.6) is 0 Å². The van der Waals surface area contributed by atoms with Gasteiger partial charge in [0, 0.05) is 47.3 Å². The Morgan fingerprint density at radius 2 is 1.62 bits per heavy atom. The maximum atomic E-state index is 12.2. The lowest BCUT2D eigenvalue weighted by atomic mass is 10.2. The summed E-state index contributed by atoms with van der Waals surface area (Å²) in [4.78, 5) is 41.0. The van der Waals surface area contributed by atoms with Crippen molar-refractivity contribution in [1.29, 1.82) is 0 Å². The fraction of sp³-hybridized carbons (Fsp3) is 0.769. The number of amides is 3. The van der Waals surface area contributed by atoms with Gasteiger partial charge in [-0.2, -0.15) is 0 Å².